The molecule has 2 heterocycles. The predicted molar refractivity (Wildman–Crippen MR) is 341 cm³/mol. The average molecular weight is 1190 g/mol. The molecule has 1 amide bonds. The standard InChI is InChI=1S/C70H127NO13/c1-3-5-7-9-11-13-15-16-17-18-19-20-21-22-23-24-25-26-27-28-29-30-31-32-33-34-35-36-37-38-39-40-41-42-44-46-48-50-52-54-62(75)71-58(59(74)53-51-49-47-45-43-14-12-10-8-6-4-2)57-81-69-67(80)65(78)68(61(56-73)83-69)84-70-66(79)64(77)63(76)60(55-72)82-70/h15-16,18-19,21-22,43,45,51,53,58-61,63-70,72-74,76-80H,3-14,17,20,23-42,44,46-50,52,54-57H2,1-2H3,(H,71,75)/b16-15-,19-18-,22-21-,45-43+,53-51+. The lowest BCUT2D eigenvalue weighted by atomic mass is 9.97. The van der Waals surface area contributed by atoms with Gasteiger partial charge >= 0.3 is 0 Å². The van der Waals surface area contributed by atoms with Gasteiger partial charge in [0.05, 0.1) is 32.0 Å². The molecule has 0 radical (unpaired) electrons. The van der Waals surface area contributed by atoms with Crippen molar-refractivity contribution in [2.24, 2.45) is 0 Å². The van der Waals surface area contributed by atoms with Crippen molar-refractivity contribution in [3.63, 3.8) is 0 Å². The number of hydrogen-bond acceptors (Lipinski definition) is 13. The Morgan fingerprint density at radius 3 is 1.25 bits per heavy atom. The lowest BCUT2D eigenvalue weighted by molar-refractivity contribution is -0.359. The second-order valence-corrected chi connectivity index (χ2v) is 24.3. The highest BCUT2D eigenvalue weighted by Gasteiger charge is 2.51. The molecule has 0 aromatic heterocycles. The smallest absolute Gasteiger partial charge is 0.220 e. The van der Waals surface area contributed by atoms with E-state index >= 15 is 0 Å². The van der Waals surface area contributed by atoms with Gasteiger partial charge in [-0.1, -0.05) is 267 Å². The first-order valence-corrected chi connectivity index (χ1v) is 34.5. The summed E-state index contributed by atoms with van der Waals surface area (Å²) in [4.78, 5) is 13.3. The van der Waals surface area contributed by atoms with Gasteiger partial charge in [-0.05, 0) is 70.6 Å². The van der Waals surface area contributed by atoms with E-state index in [9.17, 15) is 45.6 Å². The summed E-state index contributed by atoms with van der Waals surface area (Å²) in [5.74, 6) is -0.248. The van der Waals surface area contributed by atoms with Gasteiger partial charge in [-0.25, -0.2) is 0 Å². The molecular weight excluding hydrogens is 1060 g/mol. The van der Waals surface area contributed by atoms with E-state index in [4.69, 9.17) is 18.9 Å². The Morgan fingerprint density at radius 2 is 0.798 bits per heavy atom. The zero-order valence-corrected chi connectivity index (χ0v) is 53.1. The molecule has 2 aliphatic heterocycles. The maximum absolute atomic E-state index is 13.3. The fourth-order valence-electron chi connectivity index (χ4n) is 11.1. The molecule has 490 valence electrons. The maximum Gasteiger partial charge on any atom is 0.220 e. The van der Waals surface area contributed by atoms with Crippen molar-refractivity contribution < 1.29 is 64.6 Å². The van der Waals surface area contributed by atoms with Crippen molar-refractivity contribution in [2.45, 2.75) is 357 Å². The van der Waals surface area contributed by atoms with Gasteiger partial charge < -0.3 is 65.1 Å². The number of ether oxygens (including phenoxy) is 4. The van der Waals surface area contributed by atoms with Crippen LogP contribution in [0.2, 0.25) is 0 Å². The molecule has 0 bridgehead atoms. The number of hydrogen-bond donors (Lipinski definition) is 9. The second-order valence-electron chi connectivity index (χ2n) is 24.3. The van der Waals surface area contributed by atoms with Crippen molar-refractivity contribution in [1.29, 1.82) is 0 Å². The average Bonchev–Trinajstić information content (AvgIpc) is 3.59. The predicted octanol–water partition coefficient (Wildman–Crippen LogP) is 13.7. The highest BCUT2D eigenvalue weighted by Crippen LogP contribution is 2.30. The number of rotatable bonds is 56. The molecule has 12 unspecified atom stereocenters. The molecule has 2 saturated heterocycles. The molecular formula is C70H127NO13. The summed E-state index contributed by atoms with van der Waals surface area (Å²) < 4.78 is 22.7. The fourth-order valence-corrected chi connectivity index (χ4v) is 11.1. The Bertz CT molecular complexity index is 1640. The number of amides is 1. The van der Waals surface area contributed by atoms with E-state index in [0.29, 0.717) is 12.8 Å². The first kappa shape index (κ1) is 77.8. The van der Waals surface area contributed by atoms with Crippen molar-refractivity contribution in [3.05, 3.63) is 60.8 Å². The zero-order valence-electron chi connectivity index (χ0n) is 53.1. The molecule has 9 N–H and O–H groups in total. The fraction of sp³-hybridized carbons (Fsp3) is 0.843. The monoisotopic (exact) mass is 1190 g/mol. The van der Waals surface area contributed by atoms with Gasteiger partial charge in [0, 0.05) is 6.42 Å². The Balaban J connectivity index is 1.54. The maximum atomic E-state index is 13.3. The third-order valence-corrected chi connectivity index (χ3v) is 16.7. The van der Waals surface area contributed by atoms with Crippen LogP contribution in [-0.4, -0.2) is 140 Å². The lowest BCUT2D eigenvalue weighted by Crippen LogP contribution is -2.65. The minimum absolute atomic E-state index is 0.248. The van der Waals surface area contributed by atoms with Crippen molar-refractivity contribution in [2.75, 3.05) is 19.8 Å². The SMILES string of the molecule is CCCCCCC/C=C\C/C=C\C/C=C\CCCCCCCCCCCCCCCCCCCCCCCCCCC(=O)NC(COC1OC(CO)C(OC2OC(CO)C(O)C(O)C2O)C(O)C1O)C(O)/C=C/CC/C=C/CCCCCCC. The molecule has 2 fully saturated rings. The van der Waals surface area contributed by atoms with Gasteiger partial charge in [0.2, 0.25) is 5.91 Å². The topological polar surface area (TPSA) is 228 Å². The lowest BCUT2D eigenvalue weighted by Gasteiger charge is -2.46. The third kappa shape index (κ3) is 38.9. The molecule has 0 aliphatic carbocycles. The largest absolute Gasteiger partial charge is 0.394 e. The van der Waals surface area contributed by atoms with E-state index in [0.717, 1.165) is 44.9 Å². The van der Waals surface area contributed by atoms with Crippen LogP contribution in [-0.2, 0) is 23.7 Å². The zero-order chi connectivity index (χ0) is 60.9. The summed E-state index contributed by atoms with van der Waals surface area (Å²) in [5.41, 5.74) is 0. The number of aliphatic hydroxyl groups is 8. The number of allylic oxidation sites excluding steroid dienone is 9. The van der Waals surface area contributed by atoms with E-state index in [1.807, 2.05) is 6.08 Å². The van der Waals surface area contributed by atoms with Gasteiger partial charge in [0.25, 0.3) is 0 Å². The number of nitrogens with one attached hydrogen (secondary N) is 1. The molecule has 2 rings (SSSR count). The Morgan fingerprint density at radius 1 is 0.429 bits per heavy atom. The summed E-state index contributed by atoms with van der Waals surface area (Å²) >= 11 is 0. The van der Waals surface area contributed by atoms with Gasteiger partial charge in [-0.3, -0.25) is 4.79 Å². The second kappa shape index (κ2) is 54.8. The summed E-state index contributed by atoms with van der Waals surface area (Å²) in [7, 11) is 0. The Kier molecular flexibility index (Phi) is 50.8. The van der Waals surface area contributed by atoms with Crippen molar-refractivity contribution in [1.82, 2.24) is 5.32 Å². The molecule has 14 heteroatoms. The molecule has 0 spiro atoms. The highest BCUT2D eigenvalue weighted by atomic mass is 16.7. The summed E-state index contributed by atoms with van der Waals surface area (Å²) in [6.07, 6.45) is 56.1. The first-order chi connectivity index (χ1) is 41.1. The minimum Gasteiger partial charge on any atom is -0.394 e. The number of unbranched alkanes of at least 4 members (excludes halogenated alkanes) is 35. The Labute approximate surface area is 511 Å². The van der Waals surface area contributed by atoms with Crippen LogP contribution >= 0.6 is 0 Å². The van der Waals surface area contributed by atoms with Crippen LogP contribution in [0.4, 0.5) is 0 Å². The Hall–Kier alpha value is -2.31. The van der Waals surface area contributed by atoms with E-state index in [-0.39, 0.29) is 18.9 Å². The van der Waals surface area contributed by atoms with E-state index in [1.54, 1.807) is 6.08 Å². The normalized spacial score (nSPS) is 24.0. The van der Waals surface area contributed by atoms with Crippen molar-refractivity contribution in [3.8, 4) is 0 Å². The van der Waals surface area contributed by atoms with E-state index < -0.39 is 86.8 Å². The van der Waals surface area contributed by atoms with Crippen LogP contribution in [0.15, 0.2) is 60.8 Å². The molecule has 0 aromatic carbocycles. The van der Waals surface area contributed by atoms with Crippen LogP contribution in [0.3, 0.4) is 0 Å². The summed E-state index contributed by atoms with van der Waals surface area (Å²) in [5, 5.41) is 87.0. The van der Waals surface area contributed by atoms with E-state index in [1.165, 1.54) is 205 Å². The number of aliphatic hydroxyl groups excluding tert-OH is 8. The van der Waals surface area contributed by atoms with Gasteiger partial charge in [0.1, 0.15) is 48.8 Å². The van der Waals surface area contributed by atoms with Crippen LogP contribution in [0.5, 0.6) is 0 Å². The molecule has 14 nitrogen and oxygen atoms in total. The van der Waals surface area contributed by atoms with Crippen LogP contribution in [0.1, 0.15) is 284 Å². The summed E-state index contributed by atoms with van der Waals surface area (Å²) in [6, 6.07) is -0.930. The van der Waals surface area contributed by atoms with Gasteiger partial charge in [-0.15, -0.1) is 0 Å². The van der Waals surface area contributed by atoms with Gasteiger partial charge in [-0.2, -0.15) is 0 Å². The molecule has 2 aliphatic rings. The quantitative estimate of drug-likeness (QED) is 0.0204. The number of carbonyl (C=O) groups excluding carboxylic acids is 1. The molecule has 84 heavy (non-hydrogen) atoms. The van der Waals surface area contributed by atoms with Gasteiger partial charge in [0.15, 0.2) is 12.6 Å². The summed E-state index contributed by atoms with van der Waals surface area (Å²) in [6.45, 7) is 2.75. The van der Waals surface area contributed by atoms with Crippen LogP contribution < -0.4 is 5.32 Å². The molecule has 12 atom stereocenters. The minimum atomic E-state index is -1.79. The van der Waals surface area contributed by atoms with Crippen LogP contribution in [0.25, 0.3) is 0 Å². The third-order valence-electron chi connectivity index (χ3n) is 16.7. The van der Waals surface area contributed by atoms with Crippen molar-refractivity contribution >= 4 is 5.91 Å². The molecule has 0 saturated carbocycles. The first-order valence-electron chi connectivity index (χ1n) is 34.5. The molecule has 0 aromatic rings. The highest BCUT2D eigenvalue weighted by molar-refractivity contribution is 5.76. The van der Waals surface area contributed by atoms with Crippen LogP contribution in [0, 0.1) is 0 Å². The van der Waals surface area contributed by atoms with E-state index in [2.05, 4.69) is 67.8 Å². The number of carbonyl (C=O) groups is 1.